The van der Waals surface area contributed by atoms with Crippen molar-refractivity contribution in [3.8, 4) is 11.5 Å². The summed E-state index contributed by atoms with van der Waals surface area (Å²) in [6.45, 7) is 1.77. The second-order valence-electron chi connectivity index (χ2n) is 5.93. The van der Waals surface area contributed by atoms with Crippen LogP contribution in [0.3, 0.4) is 0 Å². The highest BCUT2D eigenvalue weighted by Crippen LogP contribution is 2.29. The average Bonchev–Trinajstić information content (AvgIpc) is 2.92. The molecule has 0 bridgehead atoms. The van der Waals surface area contributed by atoms with Crippen molar-refractivity contribution in [1.82, 2.24) is 10.2 Å². The van der Waals surface area contributed by atoms with Gasteiger partial charge < -0.3 is 29.7 Å². The molecule has 0 aromatic heterocycles. The quantitative estimate of drug-likeness (QED) is 0.543. The van der Waals surface area contributed by atoms with Gasteiger partial charge in [-0.25, -0.2) is 0 Å². The molecule has 0 spiro atoms. The van der Waals surface area contributed by atoms with Gasteiger partial charge in [0.15, 0.2) is 11.5 Å². The van der Waals surface area contributed by atoms with E-state index in [1.54, 1.807) is 13.2 Å². The number of amides is 1. The lowest BCUT2D eigenvalue weighted by atomic mass is 10.2. The third kappa shape index (κ3) is 5.57. The Bertz CT molecular complexity index is 568. The lowest BCUT2D eigenvalue weighted by molar-refractivity contribution is -0.125. The van der Waals surface area contributed by atoms with Crippen molar-refractivity contribution in [1.29, 1.82) is 0 Å². The van der Waals surface area contributed by atoms with E-state index in [0.717, 1.165) is 5.56 Å². The second kappa shape index (κ2) is 9.57. The molecule has 1 aliphatic heterocycles. The minimum atomic E-state index is -0.616. The number of carbonyl (C=O) groups excluding carboxylic acids is 1. The zero-order valence-electron chi connectivity index (χ0n) is 14.6. The van der Waals surface area contributed by atoms with Gasteiger partial charge in [-0.1, -0.05) is 6.07 Å². The molecule has 140 valence electrons. The Morgan fingerprint density at radius 3 is 2.80 bits per heavy atom. The molecular weight excluding hydrogens is 328 g/mol. The van der Waals surface area contributed by atoms with Crippen LogP contribution in [0.1, 0.15) is 5.56 Å². The highest BCUT2D eigenvalue weighted by atomic mass is 16.5. The molecule has 3 N–H and O–H groups in total. The third-order valence-electron chi connectivity index (χ3n) is 3.97. The van der Waals surface area contributed by atoms with Gasteiger partial charge >= 0.3 is 0 Å². The molecule has 0 unspecified atom stereocenters. The number of β-amino-alcohol motifs (C(OH)–C–C–N with tert-alkyl or cyclic N) is 1. The number of aliphatic hydroxyl groups excluding tert-OH is 2. The Morgan fingerprint density at radius 2 is 2.12 bits per heavy atom. The van der Waals surface area contributed by atoms with E-state index in [0.29, 0.717) is 31.1 Å². The number of rotatable bonds is 9. The maximum Gasteiger partial charge on any atom is 0.246 e. The summed E-state index contributed by atoms with van der Waals surface area (Å²) in [6.07, 6.45) is -0.616. The summed E-state index contributed by atoms with van der Waals surface area (Å²) in [6, 6.07) is 5.28. The number of carbonyl (C=O) groups is 1. The van der Waals surface area contributed by atoms with Crippen LogP contribution in [0.2, 0.25) is 0 Å². The summed E-state index contributed by atoms with van der Waals surface area (Å²) in [5, 5.41) is 21.8. The topological polar surface area (TPSA) is 100 Å². The van der Waals surface area contributed by atoms with Gasteiger partial charge in [-0.3, -0.25) is 9.69 Å². The molecule has 0 aliphatic carbocycles. The lowest BCUT2D eigenvalue weighted by Gasteiger charge is -2.17. The van der Waals surface area contributed by atoms with Crippen molar-refractivity contribution in [2.24, 2.45) is 0 Å². The van der Waals surface area contributed by atoms with Gasteiger partial charge in [0.25, 0.3) is 0 Å². The molecule has 1 saturated heterocycles. The summed E-state index contributed by atoms with van der Waals surface area (Å²) in [4.78, 5) is 13.7. The van der Waals surface area contributed by atoms with Crippen molar-refractivity contribution < 1.29 is 29.2 Å². The molecular formula is C17H26N2O6. The standard InChI is InChI=1S/C17H26N2O6/c1-23-11-17(22)18-13-9-19(10-14(13)21)8-12-3-4-15(25-6-5-20)16(7-12)24-2/h3-4,7,13-14,20-21H,5-6,8-11H2,1-2H3,(H,18,22)/t13-,14-/m1/s1. The first-order valence-electron chi connectivity index (χ1n) is 8.16. The maximum absolute atomic E-state index is 11.6. The van der Waals surface area contributed by atoms with Crippen LogP contribution >= 0.6 is 0 Å². The fourth-order valence-electron chi connectivity index (χ4n) is 2.86. The molecule has 0 saturated carbocycles. The molecule has 1 heterocycles. The van der Waals surface area contributed by atoms with Crippen LogP contribution in [0.15, 0.2) is 18.2 Å². The van der Waals surface area contributed by atoms with Crippen molar-refractivity contribution in [2.45, 2.75) is 18.7 Å². The number of hydrogen-bond donors (Lipinski definition) is 3. The normalized spacial score (nSPS) is 20.5. The van der Waals surface area contributed by atoms with Crippen LogP contribution < -0.4 is 14.8 Å². The van der Waals surface area contributed by atoms with Gasteiger partial charge in [0.1, 0.15) is 13.2 Å². The first-order valence-corrected chi connectivity index (χ1v) is 8.16. The highest BCUT2D eigenvalue weighted by Gasteiger charge is 2.32. The van der Waals surface area contributed by atoms with Crippen LogP contribution in [-0.2, 0) is 16.1 Å². The van der Waals surface area contributed by atoms with Gasteiger partial charge in [0.2, 0.25) is 5.91 Å². The van der Waals surface area contributed by atoms with E-state index in [2.05, 4.69) is 10.2 Å². The van der Waals surface area contributed by atoms with Crippen molar-refractivity contribution >= 4 is 5.91 Å². The second-order valence-corrected chi connectivity index (χ2v) is 5.93. The van der Waals surface area contributed by atoms with E-state index in [4.69, 9.17) is 19.3 Å². The van der Waals surface area contributed by atoms with Crippen molar-refractivity contribution in [3.05, 3.63) is 23.8 Å². The van der Waals surface area contributed by atoms with E-state index in [9.17, 15) is 9.90 Å². The molecule has 25 heavy (non-hydrogen) atoms. The molecule has 1 amide bonds. The van der Waals surface area contributed by atoms with Gasteiger partial charge in [0.05, 0.1) is 25.9 Å². The zero-order valence-corrected chi connectivity index (χ0v) is 14.6. The first-order chi connectivity index (χ1) is 12.1. The fraction of sp³-hybridized carbons (Fsp3) is 0.588. The van der Waals surface area contributed by atoms with Crippen LogP contribution in [0.25, 0.3) is 0 Å². The molecule has 0 radical (unpaired) electrons. The average molecular weight is 354 g/mol. The highest BCUT2D eigenvalue weighted by molar-refractivity contribution is 5.77. The minimum absolute atomic E-state index is 0.0181. The van der Waals surface area contributed by atoms with Crippen molar-refractivity contribution in [3.63, 3.8) is 0 Å². The minimum Gasteiger partial charge on any atom is -0.493 e. The van der Waals surface area contributed by atoms with Crippen LogP contribution in [0.4, 0.5) is 0 Å². The SMILES string of the molecule is COCC(=O)N[C@@H]1CN(Cc2ccc(OCCO)c(OC)c2)C[C@H]1O. The number of hydrogen-bond acceptors (Lipinski definition) is 7. The Balaban J connectivity index is 1.94. The monoisotopic (exact) mass is 354 g/mol. The number of likely N-dealkylation sites (tertiary alicyclic amines) is 1. The van der Waals surface area contributed by atoms with E-state index in [1.165, 1.54) is 7.11 Å². The fourth-order valence-corrected chi connectivity index (χ4v) is 2.86. The molecule has 8 nitrogen and oxygen atoms in total. The van der Waals surface area contributed by atoms with Crippen molar-refractivity contribution in [2.75, 3.05) is 47.1 Å². The Labute approximate surface area is 147 Å². The van der Waals surface area contributed by atoms with E-state index in [-0.39, 0.29) is 31.8 Å². The van der Waals surface area contributed by atoms with E-state index < -0.39 is 6.10 Å². The number of benzene rings is 1. The van der Waals surface area contributed by atoms with Crippen LogP contribution in [-0.4, -0.2) is 80.3 Å². The van der Waals surface area contributed by atoms with Crippen LogP contribution in [0, 0.1) is 0 Å². The van der Waals surface area contributed by atoms with Gasteiger partial charge in [-0.2, -0.15) is 0 Å². The predicted octanol–water partition coefficient (Wildman–Crippen LogP) is -0.626. The number of methoxy groups -OCH3 is 2. The van der Waals surface area contributed by atoms with Gasteiger partial charge in [-0.15, -0.1) is 0 Å². The zero-order chi connectivity index (χ0) is 18.2. The Hall–Kier alpha value is -1.87. The largest absolute Gasteiger partial charge is 0.493 e. The van der Waals surface area contributed by atoms with Gasteiger partial charge in [-0.05, 0) is 17.7 Å². The van der Waals surface area contributed by atoms with E-state index in [1.807, 2.05) is 12.1 Å². The number of ether oxygens (including phenoxy) is 3. The summed E-state index contributed by atoms with van der Waals surface area (Å²) in [5.41, 5.74) is 1.00. The summed E-state index contributed by atoms with van der Waals surface area (Å²) in [7, 11) is 3.02. The number of aliphatic hydroxyl groups is 2. The Morgan fingerprint density at radius 1 is 1.32 bits per heavy atom. The van der Waals surface area contributed by atoms with E-state index >= 15 is 0 Å². The molecule has 2 rings (SSSR count). The molecule has 2 atom stereocenters. The van der Waals surface area contributed by atoms with Crippen LogP contribution in [0.5, 0.6) is 11.5 Å². The lowest BCUT2D eigenvalue weighted by Crippen LogP contribution is -2.44. The molecule has 1 aromatic rings. The molecule has 1 fully saturated rings. The first kappa shape index (κ1) is 19.5. The summed E-state index contributed by atoms with van der Waals surface area (Å²) in [5.74, 6) is 0.933. The number of nitrogens with one attached hydrogen (secondary N) is 1. The smallest absolute Gasteiger partial charge is 0.246 e. The summed E-state index contributed by atoms with van der Waals surface area (Å²) >= 11 is 0. The maximum atomic E-state index is 11.6. The molecule has 1 aromatic carbocycles. The molecule has 1 aliphatic rings. The number of nitrogens with zero attached hydrogens (tertiary/aromatic N) is 1. The predicted molar refractivity (Wildman–Crippen MR) is 90.7 cm³/mol. The summed E-state index contributed by atoms with van der Waals surface area (Å²) < 4.78 is 15.5. The molecule has 8 heteroatoms. The van der Waals surface area contributed by atoms with Gasteiger partial charge in [0, 0.05) is 26.7 Å². The Kier molecular flexibility index (Phi) is 7.45. The third-order valence-corrected chi connectivity index (χ3v) is 3.97.